The van der Waals surface area contributed by atoms with Gasteiger partial charge in [-0.05, 0) is 50.5 Å². The van der Waals surface area contributed by atoms with Crippen molar-refractivity contribution in [1.29, 1.82) is 0 Å². The third kappa shape index (κ3) is 4.23. The first-order chi connectivity index (χ1) is 9.44. The van der Waals surface area contributed by atoms with Crippen LogP contribution in [0.2, 0.25) is 0 Å². The zero-order valence-electron chi connectivity index (χ0n) is 12.2. The van der Waals surface area contributed by atoms with Gasteiger partial charge < -0.3 is 4.74 Å². The number of carbonyl (C=O) groups is 1. The predicted octanol–water partition coefficient (Wildman–Crippen LogP) is 4.23. The maximum absolute atomic E-state index is 11.9. The zero-order valence-corrected chi connectivity index (χ0v) is 12.2. The molecule has 0 saturated heterocycles. The third-order valence-electron chi connectivity index (χ3n) is 2.84. The van der Waals surface area contributed by atoms with E-state index in [1.54, 1.807) is 0 Å². The van der Waals surface area contributed by atoms with Gasteiger partial charge in [-0.3, -0.25) is 0 Å². The molecule has 0 amide bonds. The van der Waals surface area contributed by atoms with Crippen molar-refractivity contribution < 1.29 is 9.53 Å². The summed E-state index contributed by atoms with van der Waals surface area (Å²) in [6.45, 7) is 5.61. The minimum absolute atomic E-state index is 0.274. The number of rotatable bonds is 3. The molecular formula is C18H20O2. The Morgan fingerprint density at radius 3 is 2.00 bits per heavy atom. The number of benzene rings is 2. The van der Waals surface area contributed by atoms with E-state index in [0.717, 1.165) is 6.42 Å². The van der Waals surface area contributed by atoms with E-state index in [9.17, 15) is 4.79 Å². The Hall–Kier alpha value is -2.09. The van der Waals surface area contributed by atoms with Gasteiger partial charge in [0, 0.05) is 0 Å². The number of hydrogen-bond acceptors (Lipinski definition) is 2. The van der Waals surface area contributed by atoms with Crippen LogP contribution in [0.1, 0.15) is 42.3 Å². The highest BCUT2D eigenvalue weighted by atomic mass is 16.6. The van der Waals surface area contributed by atoms with Crippen molar-refractivity contribution in [3.63, 3.8) is 0 Å². The first-order valence-corrected chi connectivity index (χ1v) is 6.80. The largest absolute Gasteiger partial charge is 0.456 e. The Morgan fingerprint density at radius 2 is 1.45 bits per heavy atom. The summed E-state index contributed by atoms with van der Waals surface area (Å²) in [5.41, 5.74) is 2.58. The van der Waals surface area contributed by atoms with Crippen LogP contribution >= 0.6 is 0 Å². The third-order valence-corrected chi connectivity index (χ3v) is 2.84. The summed E-state index contributed by atoms with van der Waals surface area (Å²) < 4.78 is 5.34. The minimum atomic E-state index is -0.459. The Labute approximate surface area is 120 Å². The number of hydrogen-bond donors (Lipinski definition) is 0. The van der Waals surface area contributed by atoms with Crippen LogP contribution in [0.3, 0.4) is 0 Å². The summed E-state index contributed by atoms with van der Waals surface area (Å²) in [6, 6.07) is 17.9. The standard InChI is InChI=1S/C18H20O2/c1-18(2,3)20-17(19)16-11-9-15(10-12-16)13-14-7-5-4-6-8-14/h4-12H,13H2,1-3H3. The molecule has 0 aliphatic carbocycles. The van der Waals surface area contributed by atoms with E-state index < -0.39 is 5.60 Å². The molecule has 2 rings (SSSR count). The van der Waals surface area contributed by atoms with Gasteiger partial charge in [0.25, 0.3) is 0 Å². The lowest BCUT2D eigenvalue weighted by atomic mass is 10.0. The number of ether oxygens (including phenoxy) is 1. The molecule has 0 aromatic heterocycles. The first kappa shape index (κ1) is 14.3. The van der Waals surface area contributed by atoms with Crippen molar-refractivity contribution >= 4 is 5.97 Å². The normalized spacial score (nSPS) is 11.2. The van der Waals surface area contributed by atoms with Crippen LogP contribution in [0, 0.1) is 0 Å². The van der Waals surface area contributed by atoms with Gasteiger partial charge in [0.15, 0.2) is 0 Å². The van der Waals surface area contributed by atoms with Crippen molar-refractivity contribution in [3.8, 4) is 0 Å². The van der Waals surface area contributed by atoms with E-state index >= 15 is 0 Å². The van der Waals surface area contributed by atoms with Gasteiger partial charge >= 0.3 is 5.97 Å². The summed E-state index contributed by atoms with van der Waals surface area (Å²) in [7, 11) is 0. The molecule has 0 bridgehead atoms. The lowest BCUT2D eigenvalue weighted by Crippen LogP contribution is -2.23. The van der Waals surface area contributed by atoms with E-state index in [0.29, 0.717) is 5.56 Å². The zero-order chi connectivity index (χ0) is 14.6. The highest BCUT2D eigenvalue weighted by Crippen LogP contribution is 2.14. The molecule has 0 N–H and O–H groups in total. The Bertz CT molecular complexity index is 563. The highest BCUT2D eigenvalue weighted by Gasteiger charge is 2.17. The molecule has 0 unspecified atom stereocenters. The van der Waals surface area contributed by atoms with Crippen LogP contribution in [-0.2, 0) is 11.2 Å². The Balaban J connectivity index is 2.05. The molecule has 2 nitrogen and oxygen atoms in total. The van der Waals surface area contributed by atoms with Gasteiger partial charge in [-0.2, -0.15) is 0 Å². The molecule has 0 spiro atoms. The molecule has 0 saturated carbocycles. The second-order valence-electron chi connectivity index (χ2n) is 5.86. The average Bonchev–Trinajstić information content (AvgIpc) is 2.39. The van der Waals surface area contributed by atoms with E-state index in [1.165, 1.54) is 11.1 Å². The van der Waals surface area contributed by atoms with E-state index in [2.05, 4.69) is 12.1 Å². The first-order valence-electron chi connectivity index (χ1n) is 6.80. The molecule has 2 heteroatoms. The van der Waals surface area contributed by atoms with E-state index in [1.807, 2.05) is 63.2 Å². The summed E-state index contributed by atoms with van der Waals surface area (Å²) >= 11 is 0. The quantitative estimate of drug-likeness (QED) is 0.779. The van der Waals surface area contributed by atoms with E-state index in [4.69, 9.17) is 4.74 Å². The lowest BCUT2D eigenvalue weighted by Gasteiger charge is -2.19. The SMILES string of the molecule is CC(C)(C)OC(=O)c1ccc(Cc2ccccc2)cc1. The van der Waals surface area contributed by atoms with Crippen LogP contribution < -0.4 is 0 Å². The fourth-order valence-corrected chi connectivity index (χ4v) is 1.93. The summed E-state index contributed by atoms with van der Waals surface area (Å²) in [5, 5.41) is 0. The molecule has 104 valence electrons. The van der Waals surface area contributed by atoms with Gasteiger partial charge in [-0.1, -0.05) is 42.5 Å². The molecule has 0 atom stereocenters. The second kappa shape index (κ2) is 5.91. The topological polar surface area (TPSA) is 26.3 Å². The molecule has 0 radical (unpaired) electrons. The number of carbonyl (C=O) groups excluding carboxylic acids is 1. The van der Waals surface area contributed by atoms with Crippen molar-refractivity contribution in [1.82, 2.24) is 0 Å². The van der Waals surface area contributed by atoms with Crippen LogP contribution in [-0.4, -0.2) is 11.6 Å². The average molecular weight is 268 g/mol. The highest BCUT2D eigenvalue weighted by molar-refractivity contribution is 5.89. The molecule has 0 fully saturated rings. The number of esters is 1. The summed E-state index contributed by atoms with van der Waals surface area (Å²) in [6.07, 6.45) is 0.870. The van der Waals surface area contributed by atoms with Crippen molar-refractivity contribution in [2.24, 2.45) is 0 Å². The van der Waals surface area contributed by atoms with Gasteiger partial charge in [0.05, 0.1) is 5.56 Å². The Morgan fingerprint density at radius 1 is 0.900 bits per heavy atom. The van der Waals surface area contributed by atoms with Crippen molar-refractivity contribution in [3.05, 3.63) is 71.3 Å². The minimum Gasteiger partial charge on any atom is -0.456 e. The molecule has 0 heterocycles. The molecule has 2 aromatic carbocycles. The molecule has 0 aliphatic rings. The van der Waals surface area contributed by atoms with Crippen LogP contribution in [0.4, 0.5) is 0 Å². The monoisotopic (exact) mass is 268 g/mol. The van der Waals surface area contributed by atoms with Gasteiger partial charge in [-0.15, -0.1) is 0 Å². The summed E-state index contributed by atoms with van der Waals surface area (Å²) in [4.78, 5) is 11.9. The van der Waals surface area contributed by atoms with E-state index in [-0.39, 0.29) is 5.97 Å². The molecule has 20 heavy (non-hydrogen) atoms. The fraction of sp³-hybridized carbons (Fsp3) is 0.278. The van der Waals surface area contributed by atoms with Gasteiger partial charge in [-0.25, -0.2) is 4.79 Å². The maximum Gasteiger partial charge on any atom is 0.338 e. The summed E-state index contributed by atoms with van der Waals surface area (Å²) in [5.74, 6) is -0.274. The van der Waals surface area contributed by atoms with Crippen molar-refractivity contribution in [2.75, 3.05) is 0 Å². The van der Waals surface area contributed by atoms with Crippen LogP contribution in [0.15, 0.2) is 54.6 Å². The van der Waals surface area contributed by atoms with Crippen LogP contribution in [0.5, 0.6) is 0 Å². The van der Waals surface area contributed by atoms with Gasteiger partial charge in [0.2, 0.25) is 0 Å². The van der Waals surface area contributed by atoms with Crippen molar-refractivity contribution in [2.45, 2.75) is 32.8 Å². The van der Waals surface area contributed by atoms with Gasteiger partial charge in [0.1, 0.15) is 5.60 Å². The smallest absolute Gasteiger partial charge is 0.338 e. The fourth-order valence-electron chi connectivity index (χ4n) is 1.93. The van der Waals surface area contributed by atoms with Crippen LogP contribution in [0.25, 0.3) is 0 Å². The lowest BCUT2D eigenvalue weighted by molar-refractivity contribution is 0.00695. The molecule has 0 aliphatic heterocycles. The molecular weight excluding hydrogens is 248 g/mol. The molecule has 2 aromatic rings. The maximum atomic E-state index is 11.9. The second-order valence-corrected chi connectivity index (χ2v) is 5.86. The Kier molecular flexibility index (Phi) is 4.23. The predicted molar refractivity (Wildman–Crippen MR) is 80.9 cm³/mol.